The molecule has 126 valence electrons. The molecular formula is C15H20N2O5S. The van der Waals surface area contributed by atoms with E-state index in [9.17, 15) is 23.1 Å². The number of sulfonamides is 1. The highest BCUT2D eigenvalue weighted by molar-refractivity contribution is 7.89. The Morgan fingerprint density at radius 3 is 2.26 bits per heavy atom. The van der Waals surface area contributed by atoms with Gasteiger partial charge in [0, 0.05) is 32.7 Å². The standard InChI is InChI=1S/C15H20N2O5S/c1-11(18)16(3)12-4-6-13(7-5-12)23(21,22)17-9-8-15(2,10-17)14(19)20/h4-7H,8-10H2,1-3H3,(H,19,20). The van der Waals surface area contributed by atoms with E-state index < -0.39 is 21.4 Å². The monoisotopic (exact) mass is 340 g/mol. The molecule has 1 saturated heterocycles. The third-order valence-corrected chi connectivity index (χ3v) is 6.15. The number of hydrogen-bond donors (Lipinski definition) is 1. The number of nitrogens with zero attached hydrogens (tertiary/aromatic N) is 2. The summed E-state index contributed by atoms with van der Waals surface area (Å²) in [6.07, 6.45) is 0.284. The van der Waals surface area contributed by atoms with Crippen molar-refractivity contribution >= 4 is 27.6 Å². The largest absolute Gasteiger partial charge is 0.481 e. The minimum Gasteiger partial charge on any atom is -0.481 e. The van der Waals surface area contributed by atoms with Gasteiger partial charge in [-0.25, -0.2) is 8.42 Å². The van der Waals surface area contributed by atoms with Crippen molar-refractivity contribution in [1.82, 2.24) is 4.31 Å². The number of carbonyl (C=O) groups excluding carboxylic acids is 1. The quantitative estimate of drug-likeness (QED) is 0.887. The van der Waals surface area contributed by atoms with E-state index >= 15 is 0 Å². The highest BCUT2D eigenvalue weighted by Crippen LogP contribution is 2.34. The maximum atomic E-state index is 12.6. The lowest BCUT2D eigenvalue weighted by molar-refractivity contribution is -0.146. The number of carboxylic acids is 1. The van der Waals surface area contributed by atoms with E-state index in [1.165, 1.54) is 28.3 Å². The summed E-state index contributed by atoms with van der Waals surface area (Å²) < 4.78 is 26.4. The Balaban J connectivity index is 2.24. The summed E-state index contributed by atoms with van der Waals surface area (Å²) in [7, 11) is -2.14. The van der Waals surface area contributed by atoms with Gasteiger partial charge in [0.25, 0.3) is 0 Å². The molecule has 1 aromatic carbocycles. The second-order valence-corrected chi connectivity index (χ2v) is 7.96. The highest BCUT2D eigenvalue weighted by Gasteiger charge is 2.44. The lowest BCUT2D eigenvalue weighted by Gasteiger charge is -2.20. The van der Waals surface area contributed by atoms with E-state index in [4.69, 9.17) is 0 Å². The Kier molecular flexibility index (Phi) is 4.50. The number of amides is 1. The number of benzene rings is 1. The van der Waals surface area contributed by atoms with Gasteiger partial charge in [-0.3, -0.25) is 9.59 Å². The van der Waals surface area contributed by atoms with Gasteiger partial charge in [-0.1, -0.05) is 0 Å². The lowest BCUT2D eigenvalue weighted by atomic mass is 9.90. The molecule has 8 heteroatoms. The lowest BCUT2D eigenvalue weighted by Crippen LogP contribution is -2.34. The molecule has 1 atom stereocenters. The number of aliphatic carboxylic acids is 1. The smallest absolute Gasteiger partial charge is 0.310 e. The maximum absolute atomic E-state index is 12.6. The van der Waals surface area contributed by atoms with Crippen molar-refractivity contribution in [2.75, 3.05) is 25.0 Å². The van der Waals surface area contributed by atoms with Crippen LogP contribution in [0.5, 0.6) is 0 Å². The Morgan fingerprint density at radius 2 is 1.83 bits per heavy atom. The summed E-state index contributed by atoms with van der Waals surface area (Å²) in [5, 5.41) is 9.22. The van der Waals surface area contributed by atoms with Gasteiger partial charge in [0.1, 0.15) is 0 Å². The second kappa shape index (κ2) is 5.93. The fraction of sp³-hybridized carbons (Fsp3) is 0.467. The molecule has 0 aromatic heterocycles. The molecule has 1 aromatic rings. The van der Waals surface area contributed by atoms with Crippen molar-refractivity contribution in [1.29, 1.82) is 0 Å². The third kappa shape index (κ3) is 3.23. The van der Waals surface area contributed by atoms with Crippen LogP contribution in [-0.4, -0.2) is 49.8 Å². The first-order chi connectivity index (χ1) is 10.6. The molecule has 2 rings (SSSR count). The number of carboxylic acid groups (broad SMARTS) is 1. The Bertz CT molecular complexity index is 729. The van der Waals surface area contributed by atoms with Crippen LogP contribution in [0.25, 0.3) is 0 Å². The zero-order chi connectivity index (χ0) is 17.4. The van der Waals surface area contributed by atoms with Crippen molar-refractivity contribution < 1.29 is 23.1 Å². The summed E-state index contributed by atoms with van der Waals surface area (Å²) in [5.74, 6) is -1.15. The van der Waals surface area contributed by atoms with Gasteiger partial charge in [0.15, 0.2) is 0 Å². The molecule has 1 aliphatic heterocycles. The zero-order valence-corrected chi connectivity index (χ0v) is 14.1. The molecule has 1 unspecified atom stereocenters. The Hall–Kier alpha value is -1.93. The van der Waals surface area contributed by atoms with E-state index in [1.54, 1.807) is 26.1 Å². The van der Waals surface area contributed by atoms with E-state index in [2.05, 4.69) is 0 Å². The predicted octanol–water partition coefficient (Wildman–Crippen LogP) is 1.15. The summed E-state index contributed by atoms with van der Waals surface area (Å²) in [6, 6.07) is 5.97. The van der Waals surface area contributed by atoms with Crippen LogP contribution in [0.3, 0.4) is 0 Å². The van der Waals surface area contributed by atoms with Crippen LogP contribution in [0.15, 0.2) is 29.2 Å². The number of carbonyl (C=O) groups is 2. The molecule has 23 heavy (non-hydrogen) atoms. The van der Waals surface area contributed by atoms with Crippen molar-refractivity contribution in [2.45, 2.75) is 25.2 Å². The van der Waals surface area contributed by atoms with Crippen LogP contribution in [0.4, 0.5) is 5.69 Å². The van der Waals surface area contributed by atoms with Gasteiger partial charge in [0.2, 0.25) is 15.9 Å². The SMILES string of the molecule is CC(=O)N(C)c1ccc(S(=O)(=O)N2CCC(C)(C(=O)O)C2)cc1. The van der Waals surface area contributed by atoms with E-state index in [0.717, 1.165) is 0 Å². The Morgan fingerprint density at radius 1 is 1.26 bits per heavy atom. The molecular weight excluding hydrogens is 320 g/mol. The first-order valence-electron chi connectivity index (χ1n) is 7.16. The minimum atomic E-state index is -3.74. The fourth-order valence-corrected chi connectivity index (χ4v) is 4.04. The van der Waals surface area contributed by atoms with Crippen LogP contribution in [0, 0.1) is 5.41 Å². The molecule has 1 amide bonds. The molecule has 1 heterocycles. The van der Waals surface area contributed by atoms with Crippen LogP contribution in [-0.2, 0) is 19.6 Å². The van der Waals surface area contributed by atoms with Crippen LogP contribution >= 0.6 is 0 Å². The molecule has 0 saturated carbocycles. The molecule has 1 fully saturated rings. The van der Waals surface area contributed by atoms with Crippen molar-refractivity contribution in [3.8, 4) is 0 Å². The van der Waals surface area contributed by atoms with Gasteiger partial charge >= 0.3 is 5.97 Å². The molecule has 0 spiro atoms. The van der Waals surface area contributed by atoms with Crippen LogP contribution in [0.2, 0.25) is 0 Å². The topological polar surface area (TPSA) is 95.0 Å². The average molecular weight is 340 g/mol. The molecule has 1 aliphatic rings. The maximum Gasteiger partial charge on any atom is 0.310 e. The highest BCUT2D eigenvalue weighted by atomic mass is 32.2. The summed E-state index contributed by atoms with van der Waals surface area (Å²) in [4.78, 5) is 24.1. The molecule has 0 aliphatic carbocycles. The first kappa shape index (κ1) is 17.4. The number of hydrogen-bond acceptors (Lipinski definition) is 4. The van der Waals surface area contributed by atoms with E-state index in [1.807, 2.05) is 0 Å². The van der Waals surface area contributed by atoms with E-state index in [0.29, 0.717) is 5.69 Å². The normalized spacial score (nSPS) is 22.0. The van der Waals surface area contributed by atoms with Crippen LogP contribution in [0.1, 0.15) is 20.3 Å². The van der Waals surface area contributed by atoms with Crippen molar-refractivity contribution in [2.24, 2.45) is 5.41 Å². The molecule has 7 nitrogen and oxygen atoms in total. The summed E-state index contributed by atoms with van der Waals surface area (Å²) >= 11 is 0. The Labute approximate surface area is 135 Å². The third-order valence-electron chi connectivity index (χ3n) is 4.29. The van der Waals surface area contributed by atoms with Crippen molar-refractivity contribution in [3.05, 3.63) is 24.3 Å². The summed E-state index contributed by atoms with van der Waals surface area (Å²) in [6.45, 7) is 3.11. The number of anilines is 1. The minimum absolute atomic E-state index is 0.0419. The van der Waals surface area contributed by atoms with Gasteiger partial charge in [0.05, 0.1) is 10.3 Å². The predicted molar refractivity (Wildman–Crippen MR) is 84.6 cm³/mol. The molecule has 0 bridgehead atoms. The fourth-order valence-electron chi connectivity index (χ4n) is 2.47. The first-order valence-corrected chi connectivity index (χ1v) is 8.60. The van der Waals surface area contributed by atoms with Gasteiger partial charge in [-0.2, -0.15) is 4.31 Å². The molecule has 1 N–H and O–H groups in total. The van der Waals surface area contributed by atoms with Crippen LogP contribution < -0.4 is 4.90 Å². The number of rotatable bonds is 4. The molecule has 0 radical (unpaired) electrons. The van der Waals surface area contributed by atoms with Gasteiger partial charge in [-0.15, -0.1) is 0 Å². The second-order valence-electron chi connectivity index (χ2n) is 6.03. The summed E-state index contributed by atoms with van der Waals surface area (Å²) in [5.41, 5.74) is -0.463. The van der Waals surface area contributed by atoms with Crippen molar-refractivity contribution in [3.63, 3.8) is 0 Å². The van der Waals surface area contributed by atoms with Gasteiger partial charge in [-0.05, 0) is 37.6 Å². The van der Waals surface area contributed by atoms with Gasteiger partial charge < -0.3 is 10.0 Å². The van der Waals surface area contributed by atoms with E-state index in [-0.39, 0.29) is 30.3 Å². The average Bonchev–Trinajstić information content (AvgIpc) is 2.91. The zero-order valence-electron chi connectivity index (χ0n) is 13.3.